The molecule has 0 N–H and O–H groups in total. The van der Waals surface area contributed by atoms with Crippen molar-refractivity contribution in [3.05, 3.63) is 0 Å². The van der Waals surface area contributed by atoms with Crippen molar-refractivity contribution in [2.24, 2.45) is 0 Å². The quantitative estimate of drug-likeness (QED) is 0.670. The molecule has 1 heterocycles. The molecule has 84 valence electrons. The van der Waals surface area contributed by atoms with E-state index in [9.17, 15) is 0 Å². The first-order valence-electron chi connectivity index (χ1n) is 5.90. The minimum absolute atomic E-state index is 0.318. The van der Waals surface area contributed by atoms with Crippen LogP contribution in [0.4, 0.5) is 0 Å². The maximum atomic E-state index is 6.11. The van der Waals surface area contributed by atoms with Crippen molar-refractivity contribution in [2.75, 3.05) is 0 Å². The Morgan fingerprint density at radius 1 is 0.786 bits per heavy atom. The fraction of sp³-hybridized carbons (Fsp3) is 1.00. The van der Waals surface area contributed by atoms with Gasteiger partial charge in [0, 0.05) is 12.2 Å². The molecular formula is C11H24O2Si. The molecule has 0 aliphatic carbocycles. The van der Waals surface area contributed by atoms with Gasteiger partial charge in [-0.15, -0.1) is 0 Å². The van der Waals surface area contributed by atoms with E-state index in [2.05, 4.69) is 27.7 Å². The van der Waals surface area contributed by atoms with Gasteiger partial charge in [0.15, 0.2) is 0 Å². The Morgan fingerprint density at radius 2 is 1.21 bits per heavy atom. The Bertz CT molecular complexity index is 151. The van der Waals surface area contributed by atoms with E-state index >= 15 is 0 Å². The minimum Gasteiger partial charge on any atom is -0.392 e. The molecule has 2 nitrogen and oxygen atoms in total. The van der Waals surface area contributed by atoms with Crippen LogP contribution in [0.2, 0.25) is 12.1 Å². The summed E-state index contributed by atoms with van der Waals surface area (Å²) in [7, 11) is -1.81. The fourth-order valence-corrected chi connectivity index (χ4v) is 6.29. The van der Waals surface area contributed by atoms with Gasteiger partial charge < -0.3 is 8.85 Å². The highest BCUT2D eigenvalue weighted by Crippen LogP contribution is 2.32. The lowest BCUT2D eigenvalue weighted by Crippen LogP contribution is -2.47. The van der Waals surface area contributed by atoms with Crippen LogP contribution in [0.1, 0.15) is 47.0 Å². The van der Waals surface area contributed by atoms with Crippen LogP contribution >= 0.6 is 0 Å². The van der Waals surface area contributed by atoms with E-state index in [-0.39, 0.29) is 0 Å². The van der Waals surface area contributed by atoms with E-state index < -0.39 is 8.56 Å². The SMILES string of the molecule is CC(C)O[Si]1(OC(C)C)CCCCC1. The van der Waals surface area contributed by atoms with Crippen molar-refractivity contribution in [3.63, 3.8) is 0 Å². The molecule has 0 unspecified atom stereocenters. The Balaban J connectivity index is 2.57. The molecule has 0 atom stereocenters. The first kappa shape index (κ1) is 12.2. The van der Waals surface area contributed by atoms with Crippen molar-refractivity contribution >= 4 is 8.56 Å². The zero-order valence-corrected chi connectivity index (χ0v) is 11.0. The van der Waals surface area contributed by atoms with Gasteiger partial charge in [-0.05, 0) is 39.8 Å². The van der Waals surface area contributed by atoms with Crippen molar-refractivity contribution < 1.29 is 8.85 Å². The van der Waals surface area contributed by atoms with E-state index in [4.69, 9.17) is 8.85 Å². The molecule has 0 amide bonds. The normalized spacial score (nSPS) is 21.9. The van der Waals surface area contributed by atoms with Crippen LogP contribution in [-0.4, -0.2) is 20.8 Å². The Labute approximate surface area is 89.2 Å². The smallest absolute Gasteiger partial charge is 0.338 e. The first-order valence-corrected chi connectivity index (χ1v) is 8.13. The first-order chi connectivity index (χ1) is 6.54. The Hall–Kier alpha value is 0.137. The van der Waals surface area contributed by atoms with Gasteiger partial charge in [0.2, 0.25) is 0 Å². The molecule has 0 aromatic carbocycles. The lowest BCUT2D eigenvalue weighted by Gasteiger charge is -2.36. The molecule has 1 saturated heterocycles. The van der Waals surface area contributed by atoms with Crippen molar-refractivity contribution in [2.45, 2.75) is 71.3 Å². The second kappa shape index (κ2) is 5.28. The molecule has 1 aliphatic rings. The lowest BCUT2D eigenvalue weighted by molar-refractivity contribution is 0.0999. The molecule has 0 saturated carbocycles. The summed E-state index contributed by atoms with van der Waals surface area (Å²) in [6, 6.07) is 2.40. The minimum atomic E-state index is -1.81. The average molecular weight is 216 g/mol. The van der Waals surface area contributed by atoms with Crippen LogP contribution in [0, 0.1) is 0 Å². The van der Waals surface area contributed by atoms with Crippen LogP contribution in [0.15, 0.2) is 0 Å². The topological polar surface area (TPSA) is 18.5 Å². The van der Waals surface area contributed by atoms with E-state index in [0.29, 0.717) is 12.2 Å². The monoisotopic (exact) mass is 216 g/mol. The van der Waals surface area contributed by atoms with Crippen LogP contribution in [0.5, 0.6) is 0 Å². The zero-order valence-electron chi connectivity index (χ0n) is 10.0. The summed E-state index contributed by atoms with van der Waals surface area (Å²) in [5.74, 6) is 0. The summed E-state index contributed by atoms with van der Waals surface area (Å²) >= 11 is 0. The molecular weight excluding hydrogens is 192 g/mol. The highest BCUT2D eigenvalue weighted by atomic mass is 28.4. The van der Waals surface area contributed by atoms with Gasteiger partial charge in [-0.3, -0.25) is 0 Å². The average Bonchev–Trinajstić information content (AvgIpc) is 2.01. The summed E-state index contributed by atoms with van der Waals surface area (Å²) in [6.45, 7) is 8.47. The zero-order chi connectivity index (χ0) is 10.6. The van der Waals surface area contributed by atoms with Crippen LogP contribution in [0.3, 0.4) is 0 Å². The Kier molecular flexibility index (Phi) is 4.61. The second-order valence-electron chi connectivity index (χ2n) is 4.80. The fourth-order valence-electron chi connectivity index (χ4n) is 2.21. The molecule has 0 radical (unpaired) electrons. The summed E-state index contributed by atoms with van der Waals surface area (Å²) in [5.41, 5.74) is 0. The second-order valence-corrected chi connectivity index (χ2v) is 8.10. The molecule has 0 bridgehead atoms. The van der Waals surface area contributed by atoms with Gasteiger partial charge >= 0.3 is 8.56 Å². The van der Waals surface area contributed by atoms with Gasteiger partial charge in [0.25, 0.3) is 0 Å². The maximum Gasteiger partial charge on any atom is 0.338 e. The predicted molar refractivity (Wildman–Crippen MR) is 61.7 cm³/mol. The van der Waals surface area contributed by atoms with Crippen molar-refractivity contribution in [1.82, 2.24) is 0 Å². The Morgan fingerprint density at radius 3 is 1.57 bits per heavy atom. The van der Waals surface area contributed by atoms with E-state index in [0.717, 1.165) is 0 Å². The standard InChI is InChI=1S/C11H24O2Si/c1-10(2)12-14(13-11(3)4)8-6-5-7-9-14/h10-11H,5-9H2,1-4H3. The molecule has 14 heavy (non-hydrogen) atoms. The number of rotatable bonds is 4. The summed E-state index contributed by atoms with van der Waals surface area (Å²) in [6.07, 6.45) is 4.59. The van der Waals surface area contributed by atoms with Crippen LogP contribution in [0.25, 0.3) is 0 Å². The van der Waals surface area contributed by atoms with E-state index in [1.165, 1.54) is 31.4 Å². The van der Waals surface area contributed by atoms with Gasteiger partial charge in [0.05, 0.1) is 0 Å². The van der Waals surface area contributed by atoms with Crippen molar-refractivity contribution in [1.29, 1.82) is 0 Å². The number of hydrogen-bond acceptors (Lipinski definition) is 2. The molecule has 1 rings (SSSR count). The van der Waals surface area contributed by atoms with Crippen LogP contribution in [-0.2, 0) is 8.85 Å². The van der Waals surface area contributed by atoms with Gasteiger partial charge in [-0.2, -0.15) is 0 Å². The lowest BCUT2D eigenvalue weighted by atomic mass is 10.3. The van der Waals surface area contributed by atoms with Gasteiger partial charge in [0.1, 0.15) is 0 Å². The third-order valence-electron chi connectivity index (χ3n) is 2.52. The molecule has 0 aromatic heterocycles. The summed E-state index contributed by atoms with van der Waals surface area (Å²) in [4.78, 5) is 0. The molecule has 1 aliphatic heterocycles. The number of hydrogen-bond donors (Lipinski definition) is 0. The van der Waals surface area contributed by atoms with Crippen LogP contribution < -0.4 is 0 Å². The largest absolute Gasteiger partial charge is 0.392 e. The van der Waals surface area contributed by atoms with Crippen molar-refractivity contribution in [3.8, 4) is 0 Å². The predicted octanol–water partition coefficient (Wildman–Crippen LogP) is 3.46. The summed E-state index contributed by atoms with van der Waals surface area (Å²) < 4.78 is 12.2. The summed E-state index contributed by atoms with van der Waals surface area (Å²) in [5, 5.41) is 0. The third-order valence-corrected chi connectivity index (χ3v) is 6.55. The molecule has 1 fully saturated rings. The third kappa shape index (κ3) is 3.71. The van der Waals surface area contributed by atoms with E-state index in [1.54, 1.807) is 0 Å². The maximum absolute atomic E-state index is 6.11. The molecule has 3 heteroatoms. The van der Waals surface area contributed by atoms with E-state index in [1.807, 2.05) is 0 Å². The highest BCUT2D eigenvalue weighted by molar-refractivity contribution is 6.67. The highest BCUT2D eigenvalue weighted by Gasteiger charge is 2.40. The van der Waals surface area contributed by atoms with Gasteiger partial charge in [-0.25, -0.2) is 0 Å². The molecule has 0 aromatic rings. The van der Waals surface area contributed by atoms with Gasteiger partial charge in [-0.1, -0.05) is 19.3 Å². The molecule has 0 spiro atoms.